The van der Waals surface area contributed by atoms with Gasteiger partial charge in [0.15, 0.2) is 0 Å². The van der Waals surface area contributed by atoms with Gasteiger partial charge in [-0.25, -0.2) is 0 Å². The number of nitrogens with two attached hydrogens (primary N) is 1. The van der Waals surface area contributed by atoms with Gasteiger partial charge in [0.1, 0.15) is 0 Å². The minimum absolute atomic E-state index is 0.0289. The number of hydrogen-bond acceptors (Lipinski definition) is 3. The fraction of sp³-hybridized carbons (Fsp3) is 0.308. The molecule has 0 aliphatic heterocycles. The molecule has 1 heterocycles. The summed E-state index contributed by atoms with van der Waals surface area (Å²) >= 11 is 1.68. The second-order valence-electron chi connectivity index (χ2n) is 4.20. The van der Waals surface area contributed by atoms with Crippen LogP contribution in [0.1, 0.15) is 23.7 Å². The van der Waals surface area contributed by atoms with E-state index >= 15 is 0 Å². The number of amides is 1. The molecule has 0 aliphatic carbocycles. The van der Waals surface area contributed by atoms with Crippen molar-refractivity contribution in [2.24, 2.45) is 5.73 Å². The molecule has 1 atom stereocenters. The standard InChI is InChI=1S/C13H16N2OS/c1-9(14)4-6-15-13(16)11-2-3-12-10(8-11)5-7-17-12/h2-3,5,7-9H,4,6,14H2,1H3,(H,15,16). The summed E-state index contributed by atoms with van der Waals surface area (Å²) in [7, 11) is 0. The van der Waals surface area contributed by atoms with Crippen molar-refractivity contribution in [3.05, 3.63) is 35.2 Å². The van der Waals surface area contributed by atoms with E-state index in [2.05, 4.69) is 5.32 Å². The third-order valence-corrected chi connectivity index (χ3v) is 3.50. The van der Waals surface area contributed by atoms with Gasteiger partial charge in [-0.05, 0) is 48.4 Å². The number of hydrogen-bond donors (Lipinski definition) is 2. The summed E-state index contributed by atoms with van der Waals surface area (Å²) < 4.78 is 1.21. The lowest BCUT2D eigenvalue weighted by atomic mass is 10.1. The van der Waals surface area contributed by atoms with Crippen LogP contribution in [-0.2, 0) is 0 Å². The molecule has 0 radical (unpaired) electrons. The maximum Gasteiger partial charge on any atom is 0.251 e. The van der Waals surface area contributed by atoms with Crippen molar-refractivity contribution in [1.29, 1.82) is 0 Å². The number of nitrogens with one attached hydrogen (secondary N) is 1. The first kappa shape index (κ1) is 12.1. The summed E-state index contributed by atoms with van der Waals surface area (Å²) in [6.45, 7) is 2.56. The van der Waals surface area contributed by atoms with Gasteiger partial charge in [0.25, 0.3) is 5.91 Å². The smallest absolute Gasteiger partial charge is 0.251 e. The normalized spacial score (nSPS) is 12.6. The minimum atomic E-state index is -0.0289. The molecule has 2 rings (SSSR count). The highest BCUT2D eigenvalue weighted by molar-refractivity contribution is 7.17. The van der Waals surface area contributed by atoms with Gasteiger partial charge in [0.05, 0.1) is 0 Å². The SMILES string of the molecule is CC(N)CCNC(=O)c1ccc2sccc2c1. The van der Waals surface area contributed by atoms with E-state index in [1.165, 1.54) is 4.70 Å². The fourth-order valence-electron chi connectivity index (χ4n) is 1.62. The fourth-order valence-corrected chi connectivity index (χ4v) is 2.39. The Bertz CT molecular complexity index is 519. The van der Waals surface area contributed by atoms with Crippen LogP contribution in [0.15, 0.2) is 29.6 Å². The maximum atomic E-state index is 11.8. The molecule has 0 saturated carbocycles. The van der Waals surface area contributed by atoms with Gasteiger partial charge < -0.3 is 11.1 Å². The molecule has 0 spiro atoms. The van der Waals surface area contributed by atoms with Crippen LogP contribution in [0, 0.1) is 0 Å². The van der Waals surface area contributed by atoms with Gasteiger partial charge in [0, 0.05) is 22.8 Å². The van der Waals surface area contributed by atoms with Crippen molar-refractivity contribution in [3.8, 4) is 0 Å². The zero-order chi connectivity index (χ0) is 12.3. The van der Waals surface area contributed by atoms with E-state index in [1.807, 2.05) is 36.6 Å². The topological polar surface area (TPSA) is 55.1 Å². The highest BCUT2D eigenvalue weighted by Crippen LogP contribution is 2.21. The van der Waals surface area contributed by atoms with E-state index in [0.29, 0.717) is 12.1 Å². The third kappa shape index (κ3) is 3.05. The Balaban J connectivity index is 2.03. The van der Waals surface area contributed by atoms with Gasteiger partial charge in [-0.3, -0.25) is 4.79 Å². The Morgan fingerprint density at radius 1 is 1.47 bits per heavy atom. The van der Waals surface area contributed by atoms with Crippen LogP contribution in [0.25, 0.3) is 10.1 Å². The summed E-state index contributed by atoms with van der Waals surface area (Å²) in [4.78, 5) is 11.8. The Kier molecular flexibility index (Phi) is 3.76. The van der Waals surface area contributed by atoms with Crippen molar-refractivity contribution >= 4 is 27.3 Å². The Hall–Kier alpha value is -1.39. The highest BCUT2D eigenvalue weighted by Gasteiger charge is 2.06. The van der Waals surface area contributed by atoms with E-state index < -0.39 is 0 Å². The van der Waals surface area contributed by atoms with Crippen molar-refractivity contribution in [2.75, 3.05) is 6.54 Å². The molecule has 1 aromatic heterocycles. The molecule has 0 aliphatic rings. The molecule has 4 heteroatoms. The summed E-state index contributed by atoms with van der Waals surface area (Å²) in [5.74, 6) is -0.0289. The molecule has 3 nitrogen and oxygen atoms in total. The Morgan fingerprint density at radius 3 is 3.06 bits per heavy atom. The molecule has 90 valence electrons. The van der Waals surface area contributed by atoms with Crippen LogP contribution in [0.4, 0.5) is 0 Å². The summed E-state index contributed by atoms with van der Waals surface area (Å²) in [6.07, 6.45) is 0.798. The lowest BCUT2D eigenvalue weighted by Crippen LogP contribution is -2.28. The number of carbonyl (C=O) groups excluding carboxylic acids is 1. The van der Waals surface area contributed by atoms with E-state index in [-0.39, 0.29) is 11.9 Å². The summed E-state index contributed by atoms with van der Waals surface area (Å²) in [6, 6.07) is 7.92. The van der Waals surface area contributed by atoms with Crippen LogP contribution in [-0.4, -0.2) is 18.5 Å². The van der Waals surface area contributed by atoms with E-state index in [1.54, 1.807) is 11.3 Å². The molecule has 1 amide bonds. The van der Waals surface area contributed by atoms with Crippen LogP contribution in [0.3, 0.4) is 0 Å². The average molecular weight is 248 g/mol. The van der Waals surface area contributed by atoms with E-state index in [0.717, 1.165) is 11.8 Å². The Labute approximate surface area is 105 Å². The molecule has 0 bridgehead atoms. The molecule has 17 heavy (non-hydrogen) atoms. The van der Waals surface area contributed by atoms with Crippen molar-refractivity contribution < 1.29 is 4.79 Å². The minimum Gasteiger partial charge on any atom is -0.352 e. The first-order chi connectivity index (χ1) is 8.16. The predicted octanol–water partition coefficient (Wildman–Crippen LogP) is 2.37. The number of thiophene rings is 1. The van der Waals surface area contributed by atoms with Gasteiger partial charge in [-0.15, -0.1) is 11.3 Å². The van der Waals surface area contributed by atoms with E-state index in [9.17, 15) is 4.79 Å². The van der Waals surface area contributed by atoms with Crippen LogP contribution in [0.2, 0.25) is 0 Å². The third-order valence-electron chi connectivity index (χ3n) is 2.60. The summed E-state index contributed by atoms with van der Waals surface area (Å²) in [5, 5.41) is 6.02. The van der Waals surface area contributed by atoms with Crippen LogP contribution >= 0.6 is 11.3 Å². The molecule has 0 saturated heterocycles. The zero-order valence-electron chi connectivity index (χ0n) is 9.77. The molecule has 0 fully saturated rings. The largest absolute Gasteiger partial charge is 0.352 e. The van der Waals surface area contributed by atoms with Gasteiger partial charge >= 0.3 is 0 Å². The number of fused-ring (bicyclic) bond motifs is 1. The van der Waals surface area contributed by atoms with Crippen molar-refractivity contribution in [2.45, 2.75) is 19.4 Å². The molecule has 1 unspecified atom stereocenters. The number of benzene rings is 1. The molecule has 3 N–H and O–H groups in total. The Morgan fingerprint density at radius 2 is 2.29 bits per heavy atom. The van der Waals surface area contributed by atoms with Crippen molar-refractivity contribution in [1.82, 2.24) is 5.32 Å². The van der Waals surface area contributed by atoms with Gasteiger partial charge in [0.2, 0.25) is 0 Å². The second kappa shape index (κ2) is 5.29. The maximum absolute atomic E-state index is 11.8. The number of carbonyl (C=O) groups is 1. The lowest BCUT2D eigenvalue weighted by molar-refractivity contribution is 0.0953. The molecular weight excluding hydrogens is 232 g/mol. The van der Waals surface area contributed by atoms with Crippen molar-refractivity contribution in [3.63, 3.8) is 0 Å². The second-order valence-corrected chi connectivity index (χ2v) is 5.14. The average Bonchev–Trinajstić information content (AvgIpc) is 2.75. The molecule has 1 aromatic carbocycles. The lowest BCUT2D eigenvalue weighted by Gasteiger charge is -2.07. The van der Waals surface area contributed by atoms with Crippen LogP contribution < -0.4 is 11.1 Å². The predicted molar refractivity (Wildman–Crippen MR) is 72.4 cm³/mol. The van der Waals surface area contributed by atoms with Gasteiger partial charge in [-0.1, -0.05) is 0 Å². The van der Waals surface area contributed by atoms with Gasteiger partial charge in [-0.2, -0.15) is 0 Å². The summed E-state index contributed by atoms with van der Waals surface area (Å²) in [5.41, 5.74) is 6.34. The zero-order valence-corrected chi connectivity index (χ0v) is 10.6. The monoisotopic (exact) mass is 248 g/mol. The first-order valence-corrected chi connectivity index (χ1v) is 6.56. The highest BCUT2D eigenvalue weighted by atomic mass is 32.1. The molecule has 2 aromatic rings. The number of rotatable bonds is 4. The quantitative estimate of drug-likeness (QED) is 0.872. The van der Waals surface area contributed by atoms with Crippen LogP contribution in [0.5, 0.6) is 0 Å². The first-order valence-electron chi connectivity index (χ1n) is 5.68. The van der Waals surface area contributed by atoms with E-state index in [4.69, 9.17) is 5.73 Å². The molecular formula is C13H16N2OS.